The molecular formula is C11H9BrClNOS. The Morgan fingerprint density at radius 2 is 2.31 bits per heavy atom. The summed E-state index contributed by atoms with van der Waals surface area (Å²) in [5, 5.41) is 13.2. The van der Waals surface area contributed by atoms with Gasteiger partial charge in [0.05, 0.1) is 0 Å². The van der Waals surface area contributed by atoms with Crippen LogP contribution in [0.25, 0.3) is 0 Å². The van der Waals surface area contributed by atoms with Gasteiger partial charge in [0.15, 0.2) is 0 Å². The second-order valence-corrected chi connectivity index (χ2v) is 5.58. The van der Waals surface area contributed by atoms with Crippen LogP contribution in [0.15, 0.2) is 34.2 Å². The van der Waals surface area contributed by atoms with Crippen molar-refractivity contribution in [2.45, 2.75) is 12.5 Å². The predicted molar refractivity (Wildman–Crippen MR) is 69.9 cm³/mol. The van der Waals surface area contributed by atoms with E-state index in [4.69, 9.17) is 11.6 Å². The first kappa shape index (κ1) is 12.0. The fourth-order valence-electron chi connectivity index (χ4n) is 1.38. The average molecular weight is 319 g/mol. The molecule has 5 heteroatoms. The molecule has 0 bridgehead atoms. The topological polar surface area (TPSA) is 33.1 Å². The summed E-state index contributed by atoms with van der Waals surface area (Å²) in [7, 11) is 0. The molecule has 0 aliphatic rings. The van der Waals surface area contributed by atoms with Crippen LogP contribution in [-0.2, 0) is 6.42 Å². The number of aliphatic hydroxyl groups is 1. The molecule has 1 unspecified atom stereocenters. The molecule has 0 saturated heterocycles. The predicted octanol–water partition coefficient (Wildman–Crippen LogP) is 3.84. The van der Waals surface area contributed by atoms with E-state index in [9.17, 15) is 5.11 Å². The standard InChI is InChI=1S/C11H9BrClNOS/c12-8-2-1-7(9(13)6-8)5-10(15)11-14-3-4-16-11/h1-4,6,10,15H,5H2. The lowest BCUT2D eigenvalue weighted by atomic mass is 10.1. The Morgan fingerprint density at radius 3 is 2.94 bits per heavy atom. The van der Waals surface area contributed by atoms with Crippen molar-refractivity contribution in [3.63, 3.8) is 0 Å². The van der Waals surface area contributed by atoms with E-state index in [1.54, 1.807) is 6.20 Å². The summed E-state index contributed by atoms with van der Waals surface area (Å²) in [6.07, 6.45) is 1.59. The van der Waals surface area contributed by atoms with Crippen LogP contribution in [0, 0.1) is 0 Å². The summed E-state index contributed by atoms with van der Waals surface area (Å²) in [6, 6.07) is 5.64. The third-order valence-electron chi connectivity index (χ3n) is 2.16. The molecule has 2 aromatic rings. The summed E-state index contributed by atoms with van der Waals surface area (Å²) >= 11 is 10.9. The Morgan fingerprint density at radius 1 is 1.50 bits per heavy atom. The summed E-state index contributed by atoms with van der Waals surface area (Å²) in [5.41, 5.74) is 0.924. The molecule has 0 aliphatic carbocycles. The highest BCUT2D eigenvalue weighted by Gasteiger charge is 2.13. The number of rotatable bonds is 3. The van der Waals surface area contributed by atoms with Gasteiger partial charge in [-0.25, -0.2) is 4.98 Å². The van der Waals surface area contributed by atoms with E-state index in [2.05, 4.69) is 20.9 Å². The van der Waals surface area contributed by atoms with Crippen LogP contribution in [0.4, 0.5) is 0 Å². The summed E-state index contributed by atoms with van der Waals surface area (Å²) < 4.78 is 0.935. The number of aliphatic hydroxyl groups excluding tert-OH is 1. The number of hydrogen-bond donors (Lipinski definition) is 1. The Bertz CT molecular complexity index is 475. The van der Waals surface area contributed by atoms with E-state index in [0.717, 1.165) is 15.0 Å². The Balaban J connectivity index is 2.15. The number of aromatic nitrogens is 1. The molecule has 0 saturated carbocycles. The van der Waals surface area contributed by atoms with Gasteiger partial charge in [-0.05, 0) is 17.7 Å². The second kappa shape index (κ2) is 5.27. The van der Waals surface area contributed by atoms with E-state index < -0.39 is 6.10 Å². The molecule has 1 atom stereocenters. The van der Waals surface area contributed by atoms with Gasteiger partial charge >= 0.3 is 0 Å². The van der Waals surface area contributed by atoms with Gasteiger partial charge in [0.2, 0.25) is 0 Å². The minimum Gasteiger partial charge on any atom is -0.386 e. The molecule has 1 N–H and O–H groups in total. The molecule has 1 aromatic heterocycles. The minimum absolute atomic E-state index is 0.486. The second-order valence-electron chi connectivity index (χ2n) is 3.33. The van der Waals surface area contributed by atoms with Gasteiger partial charge in [-0.1, -0.05) is 33.6 Å². The zero-order valence-corrected chi connectivity index (χ0v) is 11.4. The number of nitrogens with zero attached hydrogens (tertiary/aromatic N) is 1. The van der Waals surface area contributed by atoms with Crippen molar-refractivity contribution in [2.75, 3.05) is 0 Å². The van der Waals surface area contributed by atoms with Gasteiger partial charge in [-0.15, -0.1) is 11.3 Å². The maximum atomic E-state index is 9.93. The number of hydrogen-bond acceptors (Lipinski definition) is 3. The zero-order chi connectivity index (χ0) is 11.5. The van der Waals surface area contributed by atoms with Crippen molar-refractivity contribution in [3.05, 3.63) is 49.8 Å². The highest BCUT2D eigenvalue weighted by atomic mass is 79.9. The fourth-order valence-corrected chi connectivity index (χ4v) is 2.76. The molecular weight excluding hydrogens is 310 g/mol. The maximum absolute atomic E-state index is 9.93. The van der Waals surface area contributed by atoms with Gasteiger partial charge < -0.3 is 5.11 Å². The lowest BCUT2D eigenvalue weighted by molar-refractivity contribution is 0.178. The molecule has 0 spiro atoms. The van der Waals surface area contributed by atoms with Crippen LogP contribution in [0.2, 0.25) is 5.02 Å². The lowest BCUT2D eigenvalue weighted by Crippen LogP contribution is -2.01. The highest BCUT2D eigenvalue weighted by Crippen LogP contribution is 2.26. The fraction of sp³-hybridized carbons (Fsp3) is 0.182. The third-order valence-corrected chi connectivity index (χ3v) is 3.89. The highest BCUT2D eigenvalue weighted by molar-refractivity contribution is 9.10. The van der Waals surface area contributed by atoms with Crippen LogP contribution in [0.5, 0.6) is 0 Å². The van der Waals surface area contributed by atoms with Crippen LogP contribution in [0.1, 0.15) is 16.7 Å². The zero-order valence-electron chi connectivity index (χ0n) is 8.23. The average Bonchev–Trinajstić information content (AvgIpc) is 2.75. The van der Waals surface area contributed by atoms with E-state index in [0.29, 0.717) is 11.4 Å². The number of halogens is 2. The van der Waals surface area contributed by atoms with E-state index in [-0.39, 0.29) is 0 Å². The maximum Gasteiger partial charge on any atom is 0.121 e. The van der Waals surface area contributed by atoms with Crippen LogP contribution in [0.3, 0.4) is 0 Å². The van der Waals surface area contributed by atoms with Gasteiger partial charge in [0.1, 0.15) is 11.1 Å². The molecule has 0 aliphatic heterocycles. The van der Waals surface area contributed by atoms with Crippen molar-refractivity contribution in [1.29, 1.82) is 0 Å². The monoisotopic (exact) mass is 317 g/mol. The molecule has 0 fully saturated rings. The summed E-state index contributed by atoms with van der Waals surface area (Å²) in [5.74, 6) is 0. The van der Waals surface area contributed by atoms with Gasteiger partial charge in [-0.3, -0.25) is 0 Å². The van der Waals surface area contributed by atoms with Gasteiger partial charge in [-0.2, -0.15) is 0 Å². The molecule has 0 radical (unpaired) electrons. The normalized spacial score (nSPS) is 12.7. The molecule has 16 heavy (non-hydrogen) atoms. The minimum atomic E-state index is -0.585. The lowest BCUT2D eigenvalue weighted by Gasteiger charge is -2.09. The van der Waals surface area contributed by atoms with Gasteiger partial charge in [0.25, 0.3) is 0 Å². The van der Waals surface area contributed by atoms with Crippen molar-refractivity contribution < 1.29 is 5.11 Å². The number of thiazole rings is 1. The Labute approximate surface area is 111 Å². The SMILES string of the molecule is OC(Cc1ccc(Br)cc1Cl)c1nccs1. The van der Waals surface area contributed by atoms with Gasteiger partial charge in [0, 0.05) is 27.5 Å². The first-order valence-corrected chi connectivity index (χ1v) is 6.73. The third kappa shape index (κ3) is 2.83. The quantitative estimate of drug-likeness (QED) is 0.933. The van der Waals surface area contributed by atoms with Crippen molar-refractivity contribution in [2.24, 2.45) is 0 Å². The van der Waals surface area contributed by atoms with Crippen molar-refractivity contribution in [3.8, 4) is 0 Å². The van der Waals surface area contributed by atoms with Crippen LogP contribution >= 0.6 is 38.9 Å². The van der Waals surface area contributed by atoms with Crippen LogP contribution < -0.4 is 0 Å². The molecule has 2 nitrogen and oxygen atoms in total. The number of benzene rings is 1. The summed E-state index contributed by atoms with van der Waals surface area (Å²) in [6.45, 7) is 0. The first-order valence-electron chi connectivity index (χ1n) is 4.68. The largest absolute Gasteiger partial charge is 0.386 e. The smallest absolute Gasteiger partial charge is 0.121 e. The summed E-state index contributed by atoms with van der Waals surface area (Å²) in [4.78, 5) is 4.08. The Hall–Kier alpha value is -0.420. The first-order chi connectivity index (χ1) is 7.66. The molecule has 1 heterocycles. The van der Waals surface area contributed by atoms with E-state index in [1.807, 2.05) is 23.6 Å². The van der Waals surface area contributed by atoms with E-state index >= 15 is 0 Å². The molecule has 0 amide bonds. The van der Waals surface area contributed by atoms with Crippen LogP contribution in [-0.4, -0.2) is 10.1 Å². The Kier molecular flexibility index (Phi) is 3.97. The van der Waals surface area contributed by atoms with Crippen molar-refractivity contribution in [1.82, 2.24) is 4.98 Å². The van der Waals surface area contributed by atoms with Crippen molar-refractivity contribution >= 4 is 38.9 Å². The molecule has 1 aromatic carbocycles. The molecule has 84 valence electrons. The molecule has 2 rings (SSSR count). The van der Waals surface area contributed by atoms with E-state index in [1.165, 1.54) is 11.3 Å².